The number of nitrogens with one attached hydrogen (secondary N) is 1. The number of nitrogens with zero attached hydrogens (tertiary/aromatic N) is 2. The van der Waals surface area contributed by atoms with E-state index in [9.17, 15) is 9.59 Å². The lowest BCUT2D eigenvalue weighted by molar-refractivity contribution is -0.131. The number of thiazole rings is 1. The molecule has 0 saturated carbocycles. The van der Waals surface area contributed by atoms with Crippen molar-refractivity contribution in [2.45, 2.75) is 32.7 Å². The molecule has 2 aromatic carbocycles. The highest BCUT2D eigenvalue weighted by molar-refractivity contribution is 7.21. The van der Waals surface area contributed by atoms with Crippen LogP contribution >= 0.6 is 11.3 Å². The minimum atomic E-state index is -0.321. The molecule has 6 heteroatoms. The summed E-state index contributed by atoms with van der Waals surface area (Å²) in [6.07, 6.45) is 0.265. The van der Waals surface area contributed by atoms with E-state index in [0.717, 1.165) is 26.5 Å². The Morgan fingerprint density at radius 3 is 2.68 bits per heavy atom. The van der Waals surface area contributed by atoms with Crippen LogP contribution < -0.4 is 5.32 Å². The molecule has 1 N–H and O–H groups in total. The molecule has 4 rings (SSSR count). The smallest absolute Gasteiger partial charge is 0.229 e. The zero-order chi connectivity index (χ0) is 19.9. The molecule has 1 saturated heterocycles. The Morgan fingerprint density at radius 2 is 1.96 bits per heavy atom. The van der Waals surface area contributed by atoms with E-state index in [1.165, 1.54) is 0 Å². The third kappa shape index (κ3) is 3.64. The zero-order valence-electron chi connectivity index (χ0n) is 16.2. The molecule has 0 aliphatic carbocycles. The third-order valence-corrected chi connectivity index (χ3v) is 6.06. The molecule has 1 aromatic heterocycles. The molecule has 0 radical (unpaired) electrons. The van der Waals surface area contributed by atoms with Crippen LogP contribution in [0, 0.1) is 5.92 Å². The van der Waals surface area contributed by atoms with Gasteiger partial charge in [0.1, 0.15) is 5.01 Å². The number of para-hydroxylation sites is 1. The average Bonchev–Trinajstić information content (AvgIpc) is 3.25. The first-order chi connectivity index (χ1) is 13.3. The van der Waals surface area contributed by atoms with Crippen LogP contribution in [-0.2, 0) is 9.59 Å². The van der Waals surface area contributed by atoms with Gasteiger partial charge >= 0.3 is 0 Å². The third-order valence-electron chi connectivity index (χ3n) is 4.98. The molecule has 3 aromatic rings. The minimum Gasteiger partial charge on any atom is -0.337 e. The van der Waals surface area contributed by atoms with Crippen LogP contribution in [-0.4, -0.2) is 33.8 Å². The maximum absolute atomic E-state index is 12.7. The summed E-state index contributed by atoms with van der Waals surface area (Å²) in [7, 11) is 0. The Labute approximate surface area is 168 Å². The standard InChI is InChI=1S/C22H23N3O2S/c1-22(2,3)25-13-15(12-19(25)26)20(27)23-16-8-6-7-14(11-16)21-24-17-9-4-5-10-18(17)28-21/h4-11,15H,12-13H2,1-3H3,(H,23,27)/t15-/m0/s1. The number of hydrogen-bond acceptors (Lipinski definition) is 4. The van der Waals surface area contributed by atoms with Gasteiger partial charge in [-0.1, -0.05) is 24.3 Å². The number of amides is 2. The largest absolute Gasteiger partial charge is 0.337 e. The molecule has 5 nitrogen and oxygen atoms in total. The summed E-state index contributed by atoms with van der Waals surface area (Å²) in [5, 5.41) is 3.90. The van der Waals surface area contributed by atoms with E-state index < -0.39 is 0 Å². The van der Waals surface area contributed by atoms with Crippen LogP contribution in [0.1, 0.15) is 27.2 Å². The summed E-state index contributed by atoms with van der Waals surface area (Å²) >= 11 is 1.63. The van der Waals surface area contributed by atoms with Crippen molar-refractivity contribution in [3.63, 3.8) is 0 Å². The summed E-state index contributed by atoms with van der Waals surface area (Å²) in [6.45, 7) is 6.44. The molecule has 0 spiro atoms. The molecule has 1 fully saturated rings. The summed E-state index contributed by atoms with van der Waals surface area (Å²) in [5.41, 5.74) is 2.41. The van der Waals surface area contributed by atoms with Gasteiger partial charge in [-0.05, 0) is 45.0 Å². The van der Waals surface area contributed by atoms with Gasteiger partial charge in [-0.3, -0.25) is 9.59 Å². The number of anilines is 1. The maximum Gasteiger partial charge on any atom is 0.229 e. The lowest BCUT2D eigenvalue weighted by atomic mass is 10.1. The average molecular weight is 394 g/mol. The molecular formula is C22H23N3O2S. The van der Waals surface area contributed by atoms with Gasteiger partial charge in [-0.2, -0.15) is 0 Å². The lowest BCUT2D eigenvalue weighted by Crippen LogP contribution is -2.42. The highest BCUT2D eigenvalue weighted by Gasteiger charge is 2.39. The molecule has 0 bridgehead atoms. The molecule has 144 valence electrons. The van der Waals surface area contributed by atoms with Gasteiger partial charge in [0, 0.05) is 29.8 Å². The molecule has 1 aliphatic rings. The molecule has 2 heterocycles. The van der Waals surface area contributed by atoms with Gasteiger partial charge in [0.2, 0.25) is 11.8 Å². The first-order valence-corrected chi connectivity index (χ1v) is 10.2. The fraction of sp³-hybridized carbons (Fsp3) is 0.318. The molecule has 1 aliphatic heterocycles. The predicted molar refractivity (Wildman–Crippen MR) is 113 cm³/mol. The van der Waals surface area contributed by atoms with Crippen LogP contribution in [0.2, 0.25) is 0 Å². The number of rotatable bonds is 3. The van der Waals surface area contributed by atoms with Crippen molar-refractivity contribution in [2.24, 2.45) is 5.92 Å². The number of fused-ring (bicyclic) bond motifs is 1. The number of carbonyl (C=O) groups excluding carboxylic acids is 2. The van der Waals surface area contributed by atoms with Crippen molar-refractivity contribution in [2.75, 3.05) is 11.9 Å². The fourth-order valence-electron chi connectivity index (χ4n) is 3.50. The van der Waals surface area contributed by atoms with Gasteiger partial charge in [0.25, 0.3) is 0 Å². The molecule has 28 heavy (non-hydrogen) atoms. The van der Waals surface area contributed by atoms with Crippen LogP contribution in [0.25, 0.3) is 20.8 Å². The monoisotopic (exact) mass is 393 g/mol. The zero-order valence-corrected chi connectivity index (χ0v) is 17.0. The first kappa shape index (κ1) is 18.6. The topological polar surface area (TPSA) is 62.3 Å². The van der Waals surface area contributed by atoms with E-state index in [1.54, 1.807) is 16.2 Å². The fourth-order valence-corrected chi connectivity index (χ4v) is 4.46. The van der Waals surface area contributed by atoms with Crippen LogP contribution in [0.5, 0.6) is 0 Å². The Balaban J connectivity index is 1.51. The predicted octanol–water partition coefficient (Wildman–Crippen LogP) is 4.55. The number of aromatic nitrogens is 1. The SMILES string of the molecule is CC(C)(C)N1C[C@@H](C(=O)Nc2cccc(-c3nc4ccccc4s3)c2)CC1=O. The van der Waals surface area contributed by atoms with Gasteiger partial charge in [0.05, 0.1) is 16.1 Å². The number of carbonyl (C=O) groups is 2. The molecule has 1 atom stereocenters. The second kappa shape index (κ2) is 7.02. The normalized spacial score (nSPS) is 17.3. The Hall–Kier alpha value is -2.73. The summed E-state index contributed by atoms with van der Waals surface area (Å²) in [4.78, 5) is 31.4. The maximum atomic E-state index is 12.7. The molecule has 0 unspecified atom stereocenters. The van der Waals surface area contributed by atoms with Crippen LogP contribution in [0.4, 0.5) is 5.69 Å². The van der Waals surface area contributed by atoms with E-state index in [2.05, 4.69) is 16.4 Å². The van der Waals surface area contributed by atoms with Gasteiger partial charge in [0.15, 0.2) is 0 Å². The molecular weight excluding hydrogens is 370 g/mol. The van der Waals surface area contributed by atoms with E-state index >= 15 is 0 Å². The number of benzene rings is 2. The van der Waals surface area contributed by atoms with E-state index in [-0.39, 0.29) is 29.7 Å². The summed E-state index contributed by atoms with van der Waals surface area (Å²) in [6, 6.07) is 15.8. The van der Waals surface area contributed by atoms with E-state index in [4.69, 9.17) is 0 Å². The minimum absolute atomic E-state index is 0.0378. The Bertz CT molecular complexity index is 1020. The van der Waals surface area contributed by atoms with E-state index in [1.807, 2.05) is 63.2 Å². The highest BCUT2D eigenvalue weighted by atomic mass is 32.1. The number of hydrogen-bond donors (Lipinski definition) is 1. The summed E-state index contributed by atoms with van der Waals surface area (Å²) < 4.78 is 1.14. The summed E-state index contributed by atoms with van der Waals surface area (Å²) in [5.74, 6) is -0.393. The lowest BCUT2D eigenvalue weighted by Gasteiger charge is -2.31. The van der Waals surface area contributed by atoms with Crippen molar-refractivity contribution in [1.29, 1.82) is 0 Å². The second-order valence-corrected chi connectivity index (χ2v) is 9.16. The van der Waals surface area contributed by atoms with Gasteiger partial charge in [-0.15, -0.1) is 11.3 Å². The quantitative estimate of drug-likeness (QED) is 0.710. The highest BCUT2D eigenvalue weighted by Crippen LogP contribution is 2.32. The van der Waals surface area contributed by atoms with Crippen molar-refractivity contribution >= 4 is 39.1 Å². The van der Waals surface area contributed by atoms with Crippen molar-refractivity contribution in [3.05, 3.63) is 48.5 Å². The van der Waals surface area contributed by atoms with Crippen molar-refractivity contribution in [1.82, 2.24) is 9.88 Å². The van der Waals surface area contributed by atoms with Gasteiger partial charge in [-0.25, -0.2) is 4.98 Å². The van der Waals surface area contributed by atoms with E-state index in [0.29, 0.717) is 6.54 Å². The van der Waals surface area contributed by atoms with Crippen molar-refractivity contribution in [3.8, 4) is 10.6 Å². The van der Waals surface area contributed by atoms with Crippen molar-refractivity contribution < 1.29 is 9.59 Å². The first-order valence-electron chi connectivity index (χ1n) is 9.38. The Morgan fingerprint density at radius 1 is 1.18 bits per heavy atom. The molecule has 2 amide bonds. The Kier molecular flexibility index (Phi) is 4.67. The number of likely N-dealkylation sites (tertiary alicyclic amines) is 1. The van der Waals surface area contributed by atoms with Gasteiger partial charge < -0.3 is 10.2 Å². The van der Waals surface area contributed by atoms with Crippen LogP contribution in [0.15, 0.2) is 48.5 Å². The second-order valence-electron chi connectivity index (χ2n) is 8.13. The van der Waals surface area contributed by atoms with Crippen LogP contribution in [0.3, 0.4) is 0 Å².